The molecule has 1 amide bonds. The third kappa shape index (κ3) is 5.46. The van der Waals surface area contributed by atoms with Crippen LogP contribution < -0.4 is 5.32 Å². The average Bonchev–Trinajstić information content (AvgIpc) is 2.37. The predicted octanol–water partition coefficient (Wildman–Crippen LogP) is 2.41. The van der Waals surface area contributed by atoms with E-state index in [0.717, 1.165) is 9.26 Å². The van der Waals surface area contributed by atoms with Crippen molar-refractivity contribution in [1.29, 1.82) is 0 Å². The van der Waals surface area contributed by atoms with Crippen LogP contribution in [0.15, 0.2) is 24.3 Å². The fourth-order valence-electron chi connectivity index (χ4n) is 1.90. The van der Waals surface area contributed by atoms with Gasteiger partial charge in [0.2, 0.25) is 5.91 Å². The topological polar surface area (TPSA) is 69.6 Å². The molecule has 0 bridgehead atoms. The molecule has 20 heavy (non-hydrogen) atoms. The first-order chi connectivity index (χ1) is 9.43. The Morgan fingerprint density at radius 3 is 2.60 bits per heavy atom. The number of aliphatic carboxylic acids is 1. The number of benzene rings is 1. The van der Waals surface area contributed by atoms with Crippen LogP contribution in [-0.2, 0) is 9.59 Å². The van der Waals surface area contributed by atoms with Crippen LogP contribution in [0.25, 0.3) is 0 Å². The lowest BCUT2D eigenvalue weighted by molar-refractivity contribution is -0.138. The molecule has 0 saturated carbocycles. The van der Waals surface area contributed by atoms with Crippen molar-refractivity contribution in [2.24, 2.45) is 0 Å². The Bertz CT molecular complexity index is 479. The van der Waals surface area contributed by atoms with E-state index in [9.17, 15) is 9.59 Å². The van der Waals surface area contributed by atoms with E-state index < -0.39 is 5.97 Å². The number of halogens is 1. The zero-order valence-electron chi connectivity index (χ0n) is 11.6. The minimum absolute atomic E-state index is 0.0317. The Morgan fingerprint density at radius 1 is 1.40 bits per heavy atom. The largest absolute Gasteiger partial charge is 0.481 e. The first-order valence-electron chi connectivity index (χ1n) is 6.44. The van der Waals surface area contributed by atoms with Crippen molar-refractivity contribution in [3.63, 3.8) is 0 Å². The quantitative estimate of drug-likeness (QED) is 0.702. The predicted molar refractivity (Wildman–Crippen MR) is 86.8 cm³/mol. The highest BCUT2D eigenvalue weighted by atomic mass is 127. The summed E-state index contributed by atoms with van der Waals surface area (Å²) in [6.07, 6.45) is 0.0317. The Morgan fingerprint density at radius 2 is 2.05 bits per heavy atom. The molecule has 0 aliphatic carbocycles. The third-order valence-electron chi connectivity index (χ3n) is 2.99. The van der Waals surface area contributed by atoms with Crippen molar-refractivity contribution in [1.82, 2.24) is 4.90 Å². The summed E-state index contributed by atoms with van der Waals surface area (Å²) < 4.78 is 0.972. The molecule has 1 rings (SSSR count). The van der Waals surface area contributed by atoms with Gasteiger partial charge in [0, 0.05) is 9.61 Å². The Labute approximate surface area is 132 Å². The highest BCUT2D eigenvalue weighted by Gasteiger charge is 2.18. The second kappa shape index (κ2) is 8.21. The summed E-state index contributed by atoms with van der Waals surface area (Å²) in [7, 11) is 0. The van der Waals surface area contributed by atoms with Gasteiger partial charge >= 0.3 is 5.97 Å². The number of nitrogens with one attached hydrogen (secondary N) is 1. The van der Waals surface area contributed by atoms with E-state index in [1.165, 1.54) is 0 Å². The van der Waals surface area contributed by atoms with Crippen LogP contribution in [0, 0.1) is 3.57 Å². The minimum atomic E-state index is -0.853. The lowest BCUT2D eigenvalue weighted by Gasteiger charge is -2.26. The maximum Gasteiger partial charge on any atom is 0.304 e. The van der Waals surface area contributed by atoms with Crippen molar-refractivity contribution < 1.29 is 14.7 Å². The molecule has 2 N–H and O–H groups in total. The molecule has 1 atom stereocenters. The first-order valence-corrected chi connectivity index (χ1v) is 7.52. The Hall–Kier alpha value is -1.15. The van der Waals surface area contributed by atoms with Gasteiger partial charge in [-0.2, -0.15) is 0 Å². The van der Waals surface area contributed by atoms with Gasteiger partial charge in [0.05, 0.1) is 18.7 Å². The maximum absolute atomic E-state index is 12.0. The van der Waals surface area contributed by atoms with Crippen LogP contribution in [0.5, 0.6) is 0 Å². The van der Waals surface area contributed by atoms with E-state index in [2.05, 4.69) is 27.9 Å². The van der Waals surface area contributed by atoms with Crippen LogP contribution in [0.3, 0.4) is 0 Å². The molecule has 110 valence electrons. The molecule has 0 heterocycles. The summed E-state index contributed by atoms with van der Waals surface area (Å²) in [5.74, 6) is -0.984. The molecule has 0 radical (unpaired) electrons. The molecule has 6 heteroatoms. The van der Waals surface area contributed by atoms with Crippen molar-refractivity contribution in [2.45, 2.75) is 26.3 Å². The SMILES string of the molecule is CCN(CC(=O)Nc1ccccc1I)C(C)CC(=O)O. The van der Waals surface area contributed by atoms with Gasteiger partial charge in [-0.05, 0) is 48.2 Å². The number of likely N-dealkylation sites (N-methyl/N-ethyl adjacent to an activating group) is 1. The zero-order valence-corrected chi connectivity index (χ0v) is 13.8. The molecule has 0 aliphatic rings. The van der Waals surface area contributed by atoms with E-state index in [-0.39, 0.29) is 24.9 Å². The fourth-order valence-corrected chi connectivity index (χ4v) is 2.42. The Kier molecular flexibility index (Phi) is 6.94. The zero-order chi connectivity index (χ0) is 15.1. The van der Waals surface area contributed by atoms with Crippen LogP contribution in [0.2, 0.25) is 0 Å². The molecule has 1 unspecified atom stereocenters. The molecule has 0 saturated heterocycles. The number of carbonyl (C=O) groups excluding carboxylic acids is 1. The summed E-state index contributed by atoms with van der Waals surface area (Å²) in [4.78, 5) is 24.6. The van der Waals surface area contributed by atoms with Gasteiger partial charge in [0.15, 0.2) is 0 Å². The molecular weight excluding hydrogens is 371 g/mol. The number of anilines is 1. The molecule has 1 aromatic rings. The van der Waals surface area contributed by atoms with Crippen LogP contribution in [0.1, 0.15) is 20.3 Å². The second-order valence-corrected chi connectivity index (χ2v) is 5.70. The summed E-state index contributed by atoms with van der Waals surface area (Å²) in [6, 6.07) is 7.36. The van der Waals surface area contributed by atoms with E-state index in [0.29, 0.717) is 6.54 Å². The van der Waals surface area contributed by atoms with Gasteiger partial charge in [0.25, 0.3) is 0 Å². The van der Waals surface area contributed by atoms with Gasteiger partial charge in [-0.15, -0.1) is 0 Å². The number of para-hydroxylation sites is 1. The molecule has 0 spiro atoms. The van der Waals surface area contributed by atoms with E-state index in [1.54, 1.807) is 0 Å². The third-order valence-corrected chi connectivity index (χ3v) is 3.93. The minimum Gasteiger partial charge on any atom is -0.481 e. The monoisotopic (exact) mass is 390 g/mol. The average molecular weight is 390 g/mol. The van der Waals surface area contributed by atoms with Crippen molar-refractivity contribution in [3.8, 4) is 0 Å². The number of nitrogens with zero attached hydrogens (tertiary/aromatic N) is 1. The van der Waals surface area contributed by atoms with Gasteiger partial charge in [-0.25, -0.2) is 0 Å². The summed E-state index contributed by atoms with van der Waals surface area (Å²) in [6.45, 7) is 4.55. The van der Waals surface area contributed by atoms with Crippen LogP contribution >= 0.6 is 22.6 Å². The fraction of sp³-hybridized carbons (Fsp3) is 0.429. The number of hydrogen-bond acceptors (Lipinski definition) is 3. The first kappa shape index (κ1) is 16.9. The van der Waals surface area contributed by atoms with Crippen LogP contribution in [-0.4, -0.2) is 41.0 Å². The lowest BCUT2D eigenvalue weighted by atomic mass is 10.2. The normalized spacial score (nSPS) is 12.2. The maximum atomic E-state index is 12.0. The lowest BCUT2D eigenvalue weighted by Crippen LogP contribution is -2.40. The molecule has 0 aromatic heterocycles. The van der Waals surface area contributed by atoms with Crippen LogP contribution in [0.4, 0.5) is 5.69 Å². The second-order valence-electron chi connectivity index (χ2n) is 4.54. The van der Waals surface area contributed by atoms with Crippen molar-refractivity contribution >= 4 is 40.2 Å². The standard InChI is InChI=1S/C14H19IN2O3/c1-3-17(10(2)8-14(19)20)9-13(18)16-12-7-5-4-6-11(12)15/h4-7,10H,3,8-9H2,1-2H3,(H,16,18)(H,19,20). The molecule has 5 nitrogen and oxygen atoms in total. The number of carboxylic acid groups (broad SMARTS) is 1. The highest BCUT2D eigenvalue weighted by Crippen LogP contribution is 2.17. The van der Waals surface area contributed by atoms with Gasteiger partial charge < -0.3 is 10.4 Å². The molecule has 1 aromatic carbocycles. The molecule has 0 fully saturated rings. The van der Waals surface area contributed by atoms with Crippen molar-refractivity contribution in [3.05, 3.63) is 27.8 Å². The highest BCUT2D eigenvalue weighted by molar-refractivity contribution is 14.1. The summed E-state index contributed by atoms with van der Waals surface area (Å²) in [5.41, 5.74) is 0.778. The smallest absolute Gasteiger partial charge is 0.304 e. The van der Waals surface area contributed by atoms with E-state index in [1.807, 2.05) is 43.0 Å². The number of amides is 1. The number of rotatable bonds is 7. The van der Waals surface area contributed by atoms with Gasteiger partial charge in [-0.3, -0.25) is 14.5 Å². The molecule has 0 aliphatic heterocycles. The molecular formula is C14H19IN2O3. The number of carboxylic acids is 1. The van der Waals surface area contributed by atoms with Crippen molar-refractivity contribution in [2.75, 3.05) is 18.4 Å². The Balaban J connectivity index is 2.59. The van der Waals surface area contributed by atoms with Gasteiger partial charge in [0.1, 0.15) is 0 Å². The summed E-state index contributed by atoms with van der Waals surface area (Å²) in [5, 5.41) is 11.7. The number of hydrogen-bond donors (Lipinski definition) is 2. The number of carbonyl (C=O) groups is 2. The summed E-state index contributed by atoms with van der Waals surface area (Å²) >= 11 is 2.16. The van der Waals surface area contributed by atoms with E-state index in [4.69, 9.17) is 5.11 Å². The van der Waals surface area contributed by atoms with E-state index >= 15 is 0 Å². The van der Waals surface area contributed by atoms with Gasteiger partial charge in [-0.1, -0.05) is 19.1 Å².